The quantitative estimate of drug-likeness (QED) is 0.189. The van der Waals surface area contributed by atoms with Gasteiger partial charge in [-0.15, -0.1) is 0 Å². The summed E-state index contributed by atoms with van der Waals surface area (Å²) in [4.78, 5) is 9.79. The molecule has 2 aromatic heterocycles. The van der Waals surface area contributed by atoms with Crippen molar-refractivity contribution in [1.29, 1.82) is 0 Å². The van der Waals surface area contributed by atoms with Crippen molar-refractivity contribution in [2.45, 2.75) is 9.79 Å². The number of rotatable bonds is 4. The van der Waals surface area contributed by atoms with Gasteiger partial charge in [0.1, 0.15) is 16.2 Å². The molecular weight excluding hydrogens is 627 g/mol. The summed E-state index contributed by atoms with van der Waals surface area (Å²) in [7, 11) is 0. The molecule has 0 amide bonds. The Balaban J connectivity index is 1.00. The number of fused-ring (bicyclic) bond motifs is 6. The van der Waals surface area contributed by atoms with Gasteiger partial charge in [0.25, 0.3) is 0 Å². The Morgan fingerprint density at radius 3 is 2.21 bits per heavy atom. The number of nitrogens with zero attached hydrogens (tertiary/aromatic N) is 3. The fraction of sp³-hybridized carbons (Fsp3) is 0. The third-order valence-corrected chi connectivity index (χ3v) is 10.9. The van der Waals surface area contributed by atoms with Crippen molar-refractivity contribution in [3.05, 3.63) is 152 Å². The molecule has 1 aliphatic rings. The molecule has 48 heavy (non-hydrogen) atoms. The number of para-hydroxylation sites is 3. The predicted octanol–water partition coefficient (Wildman–Crippen LogP) is 12.5. The van der Waals surface area contributed by atoms with Crippen LogP contribution < -0.4 is 4.90 Å². The number of benzene rings is 7. The molecule has 7 aromatic carbocycles. The molecule has 9 aromatic rings. The van der Waals surface area contributed by atoms with E-state index in [2.05, 4.69) is 138 Å². The number of anilines is 3. The summed E-state index contributed by atoms with van der Waals surface area (Å²) in [6.45, 7) is 0. The normalized spacial score (nSPS) is 12.5. The van der Waals surface area contributed by atoms with E-state index in [9.17, 15) is 0 Å². The van der Waals surface area contributed by atoms with Gasteiger partial charge >= 0.3 is 0 Å². The fourth-order valence-electron chi connectivity index (χ4n) is 6.71. The number of furan rings is 1. The van der Waals surface area contributed by atoms with Crippen LogP contribution in [0, 0.1) is 0 Å². The molecule has 0 bridgehead atoms. The molecule has 0 radical (unpaired) electrons. The van der Waals surface area contributed by atoms with E-state index < -0.39 is 0 Å². The summed E-state index contributed by atoms with van der Waals surface area (Å²) >= 11 is 3.23. The van der Waals surface area contributed by atoms with Gasteiger partial charge in [-0.25, -0.2) is 4.98 Å². The Hall–Kier alpha value is -5.69. The second-order valence-electron chi connectivity index (χ2n) is 11.9. The Kier molecular flexibility index (Phi) is 6.25. The maximum absolute atomic E-state index is 6.27. The minimum absolute atomic E-state index is 0.713. The van der Waals surface area contributed by atoms with Crippen molar-refractivity contribution in [1.82, 2.24) is 9.36 Å². The van der Waals surface area contributed by atoms with Crippen LogP contribution in [0.25, 0.3) is 65.8 Å². The predicted molar refractivity (Wildman–Crippen MR) is 200 cm³/mol. The highest BCUT2D eigenvalue weighted by Gasteiger charge is 2.25. The summed E-state index contributed by atoms with van der Waals surface area (Å²) in [6, 6.07) is 53.6. The van der Waals surface area contributed by atoms with Gasteiger partial charge in [-0.2, -0.15) is 4.37 Å². The van der Waals surface area contributed by atoms with Crippen LogP contribution in [0.1, 0.15) is 0 Å². The van der Waals surface area contributed by atoms with Gasteiger partial charge in [-0.3, -0.25) is 0 Å². The lowest BCUT2D eigenvalue weighted by Crippen LogP contribution is -2.14. The zero-order valence-corrected chi connectivity index (χ0v) is 27.1. The molecule has 1 aliphatic heterocycles. The maximum atomic E-state index is 6.27. The van der Waals surface area contributed by atoms with Crippen molar-refractivity contribution >= 4 is 73.1 Å². The first kappa shape index (κ1) is 27.4. The van der Waals surface area contributed by atoms with Crippen molar-refractivity contribution in [2.75, 3.05) is 4.90 Å². The van der Waals surface area contributed by atoms with Crippen LogP contribution >= 0.6 is 23.3 Å². The summed E-state index contributed by atoms with van der Waals surface area (Å²) in [6.07, 6.45) is 0. The van der Waals surface area contributed by atoms with E-state index in [1.165, 1.54) is 54.6 Å². The molecular formula is C42H25N3OS2. The van der Waals surface area contributed by atoms with E-state index in [1.54, 1.807) is 0 Å². The second kappa shape index (κ2) is 10.9. The minimum atomic E-state index is 0.713. The number of aromatic nitrogens is 2. The van der Waals surface area contributed by atoms with Crippen LogP contribution in [-0.4, -0.2) is 9.36 Å². The Morgan fingerprint density at radius 1 is 0.542 bits per heavy atom. The van der Waals surface area contributed by atoms with E-state index in [0.717, 1.165) is 43.8 Å². The van der Waals surface area contributed by atoms with Crippen molar-refractivity contribution in [2.24, 2.45) is 0 Å². The zero-order chi connectivity index (χ0) is 31.6. The Labute approximate surface area is 285 Å². The highest BCUT2D eigenvalue weighted by atomic mass is 32.2. The number of hydrogen-bond donors (Lipinski definition) is 0. The Morgan fingerprint density at radius 2 is 1.27 bits per heavy atom. The molecule has 4 nitrogen and oxygen atoms in total. The van der Waals surface area contributed by atoms with Crippen LogP contribution in [0.2, 0.25) is 0 Å². The van der Waals surface area contributed by atoms with Crippen LogP contribution in [0.5, 0.6) is 0 Å². The van der Waals surface area contributed by atoms with Crippen LogP contribution in [0.15, 0.2) is 166 Å². The van der Waals surface area contributed by atoms with Gasteiger partial charge in [0.15, 0.2) is 5.82 Å². The molecule has 0 spiro atoms. The summed E-state index contributed by atoms with van der Waals surface area (Å²) < 4.78 is 11.0. The smallest absolute Gasteiger partial charge is 0.173 e. The summed E-state index contributed by atoms with van der Waals surface area (Å²) in [5.41, 5.74) is 9.54. The van der Waals surface area contributed by atoms with Crippen LogP contribution in [0.3, 0.4) is 0 Å². The highest BCUT2D eigenvalue weighted by molar-refractivity contribution is 7.99. The molecule has 0 atom stereocenters. The third kappa shape index (κ3) is 4.45. The first-order chi connectivity index (χ1) is 23.8. The first-order valence-corrected chi connectivity index (χ1v) is 17.4. The molecule has 10 rings (SSSR count). The lowest BCUT2D eigenvalue weighted by atomic mass is 10.0. The summed E-state index contributed by atoms with van der Waals surface area (Å²) in [5, 5.41) is 5.55. The van der Waals surface area contributed by atoms with Crippen LogP contribution in [0.4, 0.5) is 17.1 Å². The van der Waals surface area contributed by atoms with Crippen molar-refractivity contribution in [3.63, 3.8) is 0 Å². The van der Waals surface area contributed by atoms with E-state index in [-0.39, 0.29) is 0 Å². The molecule has 0 saturated carbocycles. The average molecular weight is 652 g/mol. The standard InChI is InChI=1S/C42H25N3OS2/c1-2-9-28-24-29(17-16-26(28)8-1)30-20-23-36-39(25-30)47-38-15-6-4-13-35(38)45(36)31-21-18-27(19-22-31)41-43-42(48-44-41)34-12-7-11-33-32-10-3-5-14-37(32)46-40(33)34/h1-25H. The van der Waals surface area contributed by atoms with Gasteiger partial charge < -0.3 is 9.32 Å². The molecule has 6 heteroatoms. The second-order valence-corrected chi connectivity index (χ2v) is 13.7. The molecule has 0 unspecified atom stereocenters. The Bertz CT molecular complexity index is 2670. The SMILES string of the molecule is c1ccc2c(c1)Sc1cc(-c3ccc4ccccc4c3)ccc1N2c1ccc(-c2nsc(-c3cccc4c3oc3ccccc34)n2)cc1. The number of hydrogen-bond acceptors (Lipinski definition) is 6. The lowest BCUT2D eigenvalue weighted by molar-refractivity contribution is 0.670. The van der Waals surface area contributed by atoms with Gasteiger partial charge in [-0.05, 0) is 100 Å². The van der Waals surface area contributed by atoms with E-state index in [1.807, 2.05) is 30.0 Å². The molecule has 3 heterocycles. The molecule has 0 fully saturated rings. The van der Waals surface area contributed by atoms with Crippen molar-refractivity contribution < 1.29 is 4.42 Å². The highest BCUT2D eigenvalue weighted by Crippen LogP contribution is 2.52. The van der Waals surface area contributed by atoms with E-state index in [4.69, 9.17) is 13.8 Å². The minimum Gasteiger partial charge on any atom is -0.455 e. The van der Waals surface area contributed by atoms with Crippen LogP contribution in [-0.2, 0) is 0 Å². The van der Waals surface area contributed by atoms with Gasteiger partial charge in [0, 0.05) is 31.8 Å². The van der Waals surface area contributed by atoms with Gasteiger partial charge in [0.2, 0.25) is 0 Å². The maximum Gasteiger partial charge on any atom is 0.173 e. The first-order valence-electron chi connectivity index (χ1n) is 15.8. The molecule has 226 valence electrons. The summed E-state index contributed by atoms with van der Waals surface area (Å²) in [5.74, 6) is 0.713. The van der Waals surface area contributed by atoms with E-state index >= 15 is 0 Å². The fourth-order valence-corrected chi connectivity index (χ4v) is 8.51. The molecule has 0 aliphatic carbocycles. The van der Waals surface area contributed by atoms with Gasteiger partial charge in [-0.1, -0.05) is 96.7 Å². The molecule has 0 N–H and O–H groups in total. The van der Waals surface area contributed by atoms with Gasteiger partial charge in [0.05, 0.1) is 16.9 Å². The average Bonchev–Trinajstić information content (AvgIpc) is 3.79. The zero-order valence-electron chi connectivity index (χ0n) is 25.5. The lowest BCUT2D eigenvalue weighted by Gasteiger charge is -2.33. The monoisotopic (exact) mass is 651 g/mol. The third-order valence-electron chi connectivity index (χ3n) is 9.05. The largest absolute Gasteiger partial charge is 0.455 e. The van der Waals surface area contributed by atoms with Crippen molar-refractivity contribution in [3.8, 4) is 33.1 Å². The molecule has 0 saturated heterocycles. The van der Waals surface area contributed by atoms with E-state index in [0.29, 0.717) is 5.82 Å². The topological polar surface area (TPSA) is 42.2 Å².